The maximum atomic E-state index is 5.26. The Labute approximate surface area is 158 Å². The van der Waals surface area contributed by atoms with Gasteiger partial charge in [-0.05, 0) is 23.6 Å². The average Bonchev–Trinajstić information content (AvgIpc) is 3.36. The number of nitrogens with zero attached hydrogens (tertiary/aromatic N) is 3. The van der Waals surface area contributed by atoms with E-state index in [1.165, 1.54) is 5.56 Å². The zero-order chi connectivity index (χ0) is 17.1. The summed E-state index contributed by atoms with van der Waals surface area (Å²) in [7, 11) is 1.73. The molecule has 0 amide bonds. The number of rotatable bonds is 7. The zero-order valence-electron chi connectivity index (χ0n) is 13.7. The number of methoxy groups -OCH3 is 1. The van der Waals surface area contributed by atoms with Gasteiger partial charge in [0.05, 0.1) is 23.3 Å². The van der Waals surface area contributed by atoms with Gasteiger partial charge in [-0.3, -0.25) is 0 Å². The Morgan fingerprint density at radius 1 is 1.16 bits per heavy atom. The summed E-state index contributed by atoms with van der Waals surface area (Å²) in [5, 5.41) is 8.47. The van der Waals surface area contributed by atoms with Crippen LogP contribution < -0.4 is 0 Å². The average molecular weight is 388 g/mol. The summed E-state index contributed by atoms with van der Waals surface area (Å²) in [5.74, 6) is 0.816. The van der Waals surface area contributed by atoms with E-state index >= 15 is 0 Å². The van der Waals surface area contributed by atoms with Crippen LogP contribution in [0.5, 0.6) is 0 Å². The van der Waals surface area contributed by atoms with Crippen LogP contribution in [0.1, 0.15) is 5.69 Å². The summed E-state index contributed by atoms with van der Waals surface area (Å²) in [6.45, 7) is 1.48. The van der Waals surface area contributed by atoms with Gasteiger partial charge >= 0.3 is 0 Å². The first-order chi connectivity index (χ1) is 12.3. The normalized spacial score (nSPS) is 11.4. The minimum atomic E-state index is 0.674. The molecule has 0 saturated heterocycles. The Balaban J connectivity index is 1.54. The van der Waals surface area contributed by atoms with Gasteiger partial charge in [-0.1, -0.05) is 23.9 Å². The zero-order valence-corrected chi connectivity index (χ0v) is 16.2. The molecule has 3 heterocycles. The summed E-state index contributed by atoms with van der Waals surface area (Å²) >= 11 is 5.13. The SMILES string of the molecule is COCCn1c(SCc2csc(-c3ccsc3)n2)nc2ccccc21. The van der Waals surface area contributed by atoms with Crippen molar-refractivity contribution in [3.05, 3.63) is 52.2 Å². The number of thiazole rings is 1. The van der Waals surface area contributed by atoms with Crippen molar-refractivity contribution >= 4 is 45.5 Å². The van der Waals surface area contributed by atoms with Crippen molar-refractivity contribution in [1.82, 2.24) is 14.5 Å². The van der Waals surface area contributed by atoms with Crippen LogP contribution in [0.4, 0.5) is 0 Å². The van der Waals surface area contributed by atoms with E-state index in [-0.39, 0.29) is 0 Å². The van der Waals surface area contributed by atoms with Gasteiger partial charge < -0.3 is 9.30 Å². The lowest BCUT2D eigenvalue weighted by Crippen LogP contribution is -2.05. The molecule has 7 heteroatoms. The summed E-state index contributed by atoms with van der Waals surface area (Å²) < 4.78 is 7.49. The third-order valence-electron chi connectivity index (χ3n) is 3.81. The summed E-state index contributed by atoms with van der Waals surface area (Å²) in [5.41, 5.74) is 4.48. The molecule has 0 fully saturated rings. The molecule has 4 aromatic rings. The molecule has 4 rings (SSSR count). The lowest BCUT2D eigenvalue weighted by molar-refractivity contribution is 0.186. The standard InChI is InChI=1S/C18H17N3OS3/c1-22-8-7-21-16-5-3-2-4-15(16)20-18(21)25-12-14-11-24-17(19-14)13-6-9-23-10-13/h2-6,9-11H,7-8,12H2,1H3. The largest absolute Gasteiger partial charge is 0.383 e. The van der Waals surface area contributed by atoms with E-state index < -0.39 is 0 Å². The van der Waals surface area contributed by atoms with Crippen LogP contribution in [-0.2, 0) is 17.0 Å². The van der Waals surface area contributed by atoms with Crippen molar-refractivity contribution in [2.45, 2.75) is 17.5 Å². The predicted molar refractivity (Wildman–Crippen MR) is 107 cm³/mol. The maximum Gasteiger partial charge on any atom is 0.169 e. The molecule has 0 atom stereocenters. The number of fused-ring (bicyclic) bond motifs is 1. The van der Waals surface area contributed by atoms with E-state index in [0.717, 1.165) is 39.2 Å². The molecule has 3 aromatic heterocycles. The number of ether oxygens (including phenoxy) is 1. The van der Waals surface area contributed by atoms with Gasteiger partial charge in [0.2, 0.25) is 0 Å². The van der Waals surface area contributed by atoms with Crippen LogP contribution in [0.2, 0.25) is 0 Å². The molecule has 0 unspecified atom stereocenters. The molecule has 0 aliphatic heterocycles. The number of aromatic nitrogens is 3. The lowest BCUT2D eigenvalue weighted by Gasteiger charge is -2.07. The van der Waals surface area contributed by atoms with Crippen LogP contribution >= 0.6 is 34.4 Å². The Hall–Kier alpha value is -1.67. The first-order valence-corrected chi connectivity index (χ1v) is 10.7. The van der Waals surface area contributed by atoms with Crippen molar-refractivity contribution in [3.8, 4) is 10.6 Å². The quantitative estimate of drug-likeness (QED) is 0.411. The highest BCUT2D eigenvalue weighted by atomic mass is 32.2. The van der Waals surface area contributed by atoms with Crippen LogP contribution in [-0.4, -0.2) is 28.3 Å². The highest BCUT2D eigenvalue weighted by Gasteiger charge is 2.12. The second-order valence-electron chi connectivity index (χ2n) is 5.47. The first-order valence-electron chi connectivity index (χ1n) is 7.89. The molecule has 0 aliphatic carbocycles. The number of para-hydroxylation sites is 2. The van der Waals surface area contributed by atoms with E-state index in [4.69, 9.17) is 14.7 Å². The number of imidazole rings is 1. The van der Waals surface area contributed by atoms with Gasteiger partial charge in [0.1, 0.15) is 5.01 Å². The van der Waals surface area contributed by atoms with Crippen molar-refractivity contribution in [2.75, 3.05) is 13.7 Å². The molecule has 1 aromatic carbocycles. The summed E-state index contributed by atoms with van der Waals surface area (Å²) in [6.07, 6.45) is 0. The fraction of sp³-hybridized carbons (Fsp3) is 0.222. The van der Waals surface area contributed by atoms with Crippen LogP contribution in [0.25, 0.3) is 21.6 Å². The fourth-order valence-corrected chi connectivity index (χ4v) is 5.16. The van der Waals surface area contributed by atoms with Crippen molar-refractivity contribution < 1.29 is 4.74 Å². The summed E-state index contributed by atoms with van der Waals surface area (Å²) in [6, 6.07) is 10.4. The number of benzene rings is 1. The van der Waals surface area contributed by atoms with Gasteiger partial charge in [-0.25, -0.2) is 9.97 Å². The number of hydrogen-bond donors (Lipinski definition) is 0. The van der Waals surface area contributed by atoms with Crippen LogP contribution in [0, 0.1) is 0 Å². The van der Waals surface area contributed by atoms with Crippen LogP contribution in [0.15, 0.2) is 51.6 Å². The minimum absolute atomic E-state index is 0.674. The molecule has 0 N–H and O–H groups in total. The Morgan fingerprint density at radius 2 is 2.08 bits per heavy atom. The molecule has 128 valence electrons. The molecule has 0 bridgehead atoms. The van der Waals surface area contributed by atoms with Crippen molar-refractivity contribution in [2.24, 2.45) is 0 Å². The highest BCUT2D eigenvalue weighted by molar-refractivity contribution is 7.98. The number of thiophene rings is 1. The molecule has 0 aliphatic rings. The second-order valence-corrected chi connectivity index (χ2v) is 8.05. The van der Waals surface area contributed by atoms with E-state index in [0.29, 0.717) is 6.61 Å². The monoisotopic (exact) mass is 387 g/mol. The van der Waals surface area contributed by atoms with E-state index in [1.807, 2.05) is 6.07 Å². The Kier molecular flexibility index (Phi) is 5.17. The van der Waals surface area contributed by atoms with Gasteiger partial charge in [0.15, 0.2) is 5.16 Å². The number of thioether (sulfide) groups is 1. The lowest BCUT2D eigenvalue weighted by atomic mass is 10.3. The smallest absolute Gasteiger partial charge is 0.169 e. The van der Waals surface area contributed by atoms with Gasteiger partial charge in [-0.15, -0.1) is 11.3 Å². The fourth-order valence-electron chi connectivity index (χ4n) is 2.59. The predicted octanol–water partition coefficient (Wildman–Crippen LogP) is 5.16. The second kappa shape index (κ2) is 7.70. The summed E-state index contributed by atoms with van der Waals surface area (Å²) in [4.78, 5) is 9.54. The first kappa shape index (κ1) is 16.8. The van der Waals surface area contributed by atoms with E-state index in [2.05, 4.69) is 45.0 Å². The molecular formula is C18H17N3OS3. The van der Waals surface area contributed by atoms with Gasteiger partial charge in [-0.2, -0.15) is 11.3 Å². The van der Waals surface area contributed by atoms with Gasteiger partial charge in [0, 0.05) is 35.7 Å². The third-order valence-corrected chi connectivity index (χ3v) is 6.44. The third kappa shape index (κ3) is 3.64. The molecule has 25 heavy (non-hydrogen) atoms. The highest BCUT2D eigenvalue weighted by Crippen LogP contribution is 2.30. The molecule has 4 nitrogen and oxygen atoms in total. The van der Waals surface area contributed by atoms with E-state index in [1.54, 1.807) is 41.5 Å². The maximum absolute atomic E-state index is 5.26. The Bertz CT molecular complexity index is 959. The Morgan fingerprint density at radius 3 is 2.92 bits per heavy atom. The van der Waals surface area contributed by atoms with Gasteiger partial charge in [0.25, 0.3) is 0 Å². The van der Waals surface area contributed by atoms with Crippen molar-refractivity contribution in [3.63, 3.8) is 0 Å². The number of hydrogen-bond acceptors (Lipinski definition) is 6. The van der Waals surface area contributed by atoms with Crippen LogP contribution in [0.3, 0.4) is 0 Å². The van der Waals surface area contributed by atoms with Crippen molar-refractivity contribution in [1.29, 1.82) is 0 Å². The molecule has 0 saturated carbocycles. The molecule has 0 spiro atoms. The minimum Gasteiger partial charge on any atom is -0.383 e. The topological polar surface area (TPSA) is 39.9 Å². The molecular weight excluding hydrogens is 370 g/mol. The molecule has 0 radical (unpaired) electrons. The van der Waals surface area contributed by atoms with E-state index in [9.17, 15) is 0 Å².